The number of carbonyl (C=O) groups excluding carboxylic acids is 1. The van der Waals surface area contributed by atoms with E-state index in [4.69, 9.17) is 11.6 Å². The van der Waals surface area contributed by atoms with Crippen LogP contribution in [-0.2, 0) is 11.8 Å². The molecule has 130 valence electrons. The maximum absolute atomic E-state index is 12.7. The van der Waals surface area contributed by atoms with Crippen molar-refractivity contribution in [3.63, 3.8) is 0 Å². The lowest BCUT2D eigenvalue weighted by molar-refractivity contribution is -0.131. The van der Waals surface area contributed by atoms with Crippen LogP contribution in [0.3, 0.4) is 0 Å². The molecule has 3 rings (SSSR count). The highest BCUT2D eigenvalue weighted by atomic mass is 35.5. The average Bonchev–Trinajstić information content (AvgIpc) is 3.00. The van der Waals surface area contributed by atoms with E-state index in [0.29, 0.717) is 17.3 Å². The van der Waals surface area contributed by atoms with Crippen molar-refractivity contribution in [3.05, 3.63) is 47.5 Å². The van der Waals surface area contributed by atoms with Gasteiger partial charge in [0.2, 0.25) is 5.91 Å². The predicted octanol–water partition coefficient (Wildman–Crippen LogP) is 2.76. The molecule has 0 spiro atoms. The molecule has 2 heterocycles. The zero-order valence-electron chi connectivity index (χ0n) is 13.3. The number of nitrogens with one attached hydrogen (secondary N) is 1. The fourth-order valence-corrected chi connectivity index (χ4v) is 3.60. The summed E-state index contributed by atoms with van der Waals surface area (Å²) in [6.45, 7) is 2.26. The normalized spacial score (nSPS) is 17.4. The van der Waals surface area contributed by atoms with Crippen molar-refractivity contribution in [1.82, 2.24) is 19.8 Å². The molecule has 1 saturated heterocycles. The SMILES string of the molecule is Cl.Cn1ccnc1C1CNCCN1C(=O)CSc1ccc(Cl)cc1. The Balaban J connectivity index is 0.00000208. The van der Waals surface area contributed by atoms with E-state index in [1.165, 1.54) is 11.8 Å². The quantitative estimate of drug-likeness (QED) is 0.820. The maximum Gasteiger partial charge on any atom is 0.233 e. The van der Waals surface area contributed by atoms with Gasteiger partial charge in [-0.15, -0.1) is 24.2 Å². The highest BCUT2D eigenvalue weighted by Crippen LogP contribution is 2.24. The Morgan fingerprint density at radius 1 is 1.42 bits per heavy atom. The van der Waals surface area contributed by atoms with Gasteiger partial charge < -0.3 is 14.8 Å². The van der Waals surface area contributed by atoms with Gasteiger partial charge in [-0.05, 0) is 24.3 Å². The van der Waals surface area contributed by atoms with Gasteiger partial charge in [-0.2, -0.15) is 0 Å². The highest BCUT2D eigenvalue weighted by molar-refractivity contribution is 8.00. The van der Waals surface area contributed by atoms with E-state index < -0.39 is 0 Å². The number of thioether (sulfide) groups is 1. The van der Waals surface area contributed by atoms with Crippen LogP contribution in [0.15, 0.2) is 41.6 Å². The van der Waals surface area contributed by atoms with Gasteiger partial charge >= 0.3 is 0 Å². The highest BCUT2D eigenvalue weighted by Gasteiger charge is 2.30. The summed E-state index contributed by atoms with van der Waals surface area (Å²) in [5.41, 5.74) is 0. The average molecular weight is 387 g/mol. The van der Waals surface area contributed by atoms with E-state index in [-0.39, 0.29) is 24.4 Å². The number of hydrogen-bond acceptors (Lipinski definition) is 4. The molecule has 1 fully saturated rings. The molecular formula is C16H20Cl2N4OS. The van der Waals surface area contributed by atoms with E-state index in [1.807, 2.05) is 47.0 Å². The lowest BCUT2D eigenvalue weighted by Gasteiger charge is -2.35. The second-order valence-corrected chi connectivity index (χ2v) is 6.93. The second kappa shape index (κ2) is 8.76. The Labute approximate surface area is 157 Å². The number of aryl methyl sites for hydroxylation is 1. The van der Waals surface area contributed by atoms with Crippen LogP contribution in [0.1, 0.15) is 11.9 Å². The summed E-state index contributed by atoms with van der Waals surface area (Å²) < 4.78 is 1.98. The van der Waals surface area contributed by atoms with Crippen LogP contribution in [0.4, 0.5) is 0 Å². The van der Waals surface area contributed by atoms with Crippen molar-refractivity contribution < 1.29 is 4.79 Å². The summed E-state index contributed by atoms with van der Waals surface area (Å²) in [4.78, 5) is 20.1. The molecule has 1 aromatic carbocycles. The molecule has 5 nitrogen and oxygen atoms in total. The van der Waals surface area contributed by atoms with Crippen LogP contribution in [0.2, 0.25) is 5.02 Å². The molecule has 1 N–H and O–H groups in total. The van der Waals surface area contributed by atoms with Crippen LogP contribution in [0.25, 0.3) is 0 Å². The summed E-state index contributed by atoms with van der Waals surface area (Å²) in [5.74, 6) is 1.48. The minimum Gasteiger partial charge on any atom is -0.336 e. The molecule has 1 aliphatic heterocycles. The molecule has 0 aliphatic carbocycles. The summed E-state index contributed by atoms with van der Waals surface area (Å²) in [6.07, 6.45) is 3.68. The van der Waals surface area contributed by atoms with Crippen LogP contribution in [-0.4, -0.2) is 45.7 Å². The minimum atomic E-state index is -0.0120. The van der Waals surface area contributed by atoms with Crippen LogP contribution >= 0.6 is 35.8 Å². The smallest absolute Gasteiger partial charge is 0.233 e. The fraction of sp³-hybridized carbons (Fsp3) is 0.375. The number of halogens is 2. The standard InChI is InChI=1S/C16H19ClN4OS.ClH/c1-20-8-7-19-16(20)14-10-18-6-9-21(14)15(22)11-23-13-4-2-12(17)3-5-13;/h2-5,7-8,14,18H,6,9-11H2,1H3;1H. The number of benzene rings is 1. The Morgan fingerprint density at radius 2 is 2.17 bits per heavy atom. The number of nitrogens with zero attached hydrogens (tertiary/aromatic N) is 3. The van der Waals surface area contributed by atoms with Crippen molar-refractivity contribution in [2.45, 2.75) is 10.9 Å². The zero-order chi connectivity index (χ0) is 16.2. The van der Waals surface area contributed by atoms with Gasteiger partial charge in [0, 0.05) is 49.0 Å². The predicted molar refractivity (Wildman–Crippen MR) is 100.0 cm³/mol. The first-order valence-corrected chi connectivity index (χ1v) is 8.87. The first-order chi connectivity index (χ1) is 11.1. The van der Waals surface area contributed by atoms with Gasteiger partial charge in [-0.3, -0.25) is 4.79 Å². The molecule has 1 atom stereocenters. The lowest BCUT2D eigenvalue weighted by Crippen LogP contribution is -2.50. The third kappa shape index (κ3) is 4.45. The van der Waals surface area contributed by atoms with E-state index in [9.17, 15) is 4.79 Å². The van der Waals surface area contributed by atoms with Gasteiger partial charge in [0.1, 0.15) is 11.9 Å². The Kier molecular flexibility index (Phi) is 6.98. The van der Waals surface area contributed by atoms with E-state index in [2.05, 4.69) is 10.3 Å². The number of imidazole rings is 1. The van der Waals surface area contributed by atoms with E-state index in [1.54, 1.807) is 6.20 Å². The molecule has 0 saturated carbocycles. The molecule has 8 heteroatoms. The fourth-order valence-electron chi connectivity index (χ4n) is 2.69. The summed E-state index contributed by atoms with van der Waals surface area (Å²) in [5, 5.41) is 4.05. The van der Waals surface area contributed by atoms with Crippen molar-refractivity contribution in [2.24, 2.45) is 7.05 Å². The molecule has 0 bridgehead atoms. The topological polar surface area (TPSA) is 50.2 Å². The number of hydrogen-bond donors (Lipinski definition) is 1. The third-order valence-corrected chi connectivity index (χ3v) is 5.14. The first-order valence-electron chi connectivity index (χ1n) is 7.51. The van der Waals surface area contributed by atoms with Crippen molar-refractivity contribution >= 4 is 41.7 Å². The summed E-state index contributed by atoms with van der Waals surface area (Å²) >= 11 is 7.42. The van der Waals surface area contributed by atoms with Crippen LogP contribution in [0.5, 0.6) is 0 Å². The molecule has 1 aromatic heterocycles. The van der Waals surface area contributed by atoms with Gasteiger partial charge in [0.05, 0.1) is 5.75 Å². The minimum absolute atomic E-state index is 0. The number of piperazine rings is 1. The number of amides is 1. The zero-order valence-corrected chi connectivity index (χ0v) is 15.7. The largest absolute Gasteiger partial charge is 0.336 e. The maximum atomic E-state index is 12.7. The van der Waals surface area contributed by atoms with Gasteiger partial charge in [0.15, 0.2) is 0 Å². The lowest BCUT2D eigenvalue weighted by atomic mass is 10.1. The Morgan fingerprint density at radius 3 is 2.83 bits per heavy atom. The first kappa shape index (κ1) is 19.1. The number of aromatic nitrogens is 2. The summed E-state index contributed by atoms with van der Waals surface area (Å²) in [7, 11) is 1.96. The van der Waals surface area contributed by atoms with Gasteiger partial charge in [0.25, 0.3) is 0 Å². The van der Waals surface area contributed by atoms with Gasteiger partial charge in [-0.1, -0.05) is 11.6 Å². The Bertz CT molecular complexity index is 677. The molecule has 24 heavy (non-hydrogen) atoms. The van der Waals surface area contributed by atoms with Crippen LogP contribution in [0, 0.1) is 0 Å². The molecule has 1 amide bonds. The molecule has 2 aromatic rings. The Hall–Kier alpha value is -1.21. The summed E-state index contributed by atoms with van der Waals surface area (Å²) in [6, 6.07) is 7.55. The van der Waals surface area contributed by atoms with E-state index in [0.717, 1.165) is 23.8 Å². The monoisotopic (exact) mass is 386 g/mol. The third-order valence-electron chi connectivity index (χ3n) is 3.90. The van der Waals surface area contributed by atoms with Crippen molar-refractivity contribution in [2.75, 3.05) is 25.4 Å². The molecule has 1 unspecified atom stereocenters. The second-order valence-electron chi connectivity index (χ2n) is 5.45. The van der Waals surface area contributed by atoms with Crippen molar-refractivity contribution in [3.8, 4) is 0 Å². The molecule has 0 radical (unpaired) electrons. The number of carbonyl (C=O) groups is 1. The molecular weight excluding hydrogens is 367 g/mol. The van der Waals surface area contributed by atoms with Gasteiger partial charge in [-0.25, -0.2) is 4.98 Å². The van der Waals surface area contributed by atoms with E-state index >= 15 is 0 Å². The number of rotatable bonds is 4. The molecule has 1 aliphatic rings. The van der Waals surface area contributed by atoms with Crippen molar-refractivity contribution in [1.29, 1.82) is 0 Å². The van der Waals surface area contributed by atoms with Crippen LogP contribution < -0.4 is 5.32 Å².